The number of carbonyl (C=O) groups is 1. The van der Waals surface area contributed by atoms with Gasteiger partial charge in [-0.05, 0) is 73.1 Å². The van der Waals surface area contributed by atoms with Gasteiger partial charge in [-0.1, -0.05) is 12.1 Å². The first-order valence-electron chi connectivity index (χ1n) is 10.2. The summed E-state index contributed by atoms with van der Waals surface area (Å²) in [5.41, 5.74) is 1.58. The van der Waals surface area contributed by atoms with Crippen molar-refractivity contribution >= 4 is 27.3 Å². The maximum Gasteiger partial charge on any atom is 0.416 e. The summed E-state index contributed by atoms with van der Waals surface area (Å²) < 4.78 is 65.7. The minimum atomic E-state index is -4.46. The number of benzene rings is 2. The molecule has 6 rings (SSSR count). The highest BCUT2D eigenvalue weighted by Gasteiger charge is 2.62. The SMILES string of the molecule is O=C1CCc2cc(NS(=O)(=O)Cc3ccc(C(F)(F)F)cc3)ccc2N1C12CC(C1)C2. The number of hydrogen-bond acceptors (Lipinski definition) is 3. The van der Waals surface area contributed by atoms with Crippen LogP contribution < -0.4 is 9.62 Å². The van der Waals surface area contributed by atoms with Crippen LogP contribution in [0.4, 0.5) is 24.5 Å². The van der Waals surface area contributed by atoms with Crippen molar-refractivity contribution in [3.05, 3.63) is 59.2 Å². The number of nitrogens with one attached hydrogen (secondary N) is 1. The van der Waals surface area contributed by atoms with Crippen LogP contribution in [-0.2, 0) is 33.2 Å². The average molecular weight is 450 g/mol. The molecule has 3 fully saturated rings. The molecule has 2 aromatic rings. The number of alkyl halides is 3. The van der Waals surface area contributed by atoms with E-state index in [4.69, 9.17) is 0 Å². The first-order chi connectivity index (χ1) is 14.5. The number of amides is 1. The summed E-state index contributed by atoms with van der Waals surface area (Å²) >= 11 is 0. The number of sulfonamides is 1. The lowest BCUT2D eigenvalue weighted by Crippen LogP contribution is -2.70. The smallest absolute Gasteiger partial charge is 0.306 e. The van der Waals surface area contributed by atoms with Crippen molar-refractivity contribution in [3.8, 4) is 0 Å². The maximum atomic E-state index is 12.7. The standard InChI is InChI=1S/C22H21F3N2O3S/c23-22(24,25)17-4-1-14(2-5-17)13-31(29,30)26-18-6-7-19-16(9-18)3-8-20(28)27(19)21-10-15(11-21)12-21/h1-2,4-7,9,15,26H,3,8,10-13H2. The van der Waals surface area contributed by atoms with Gasteiger partial charge in [0, 0.05) is 23.3 Å². The van der Waals surface area contributed by atoms with E-state index in [1.807, 2.05) is 4.90 Å². The van der Waals surface area contributed by atoms with Crippen LogP contribution in [0.15, 0.2) is 42.5 Å². The van der Waals surface area contributed by atoms with Gasteiger partial charge in [0.05, 0.1) is 11.3 Å². The molecule has 3 aliphatic carbocycles. The Balaban J connectivity index is 1.32. The van der Waals surface area contributed by atoms with E-state index in [1.54, 1.807) is 18.2 Å². The third kappa shape index (κ3) is 3.58. The van der Waals surface area contributed by atoms with Gasteiger partial charge in [0.15, 0.2) is 0 Å². The van der Waals surface area contributed by atoms with Crippen LogP contribution in [0.1, 0.15) is 42.4 Å². The van der Waals surface area contributed by atoms with Crippen molar-refractivity contribution in [2.24, 2.45) is 5.92 Å². The van der Waals surface area contributed by atoms with Gasteiger partial charge in [0.25, 0.3) is 0 Å². The number of fused-ring (bicyclic) bond motifs is 1. The predicted octanol–water partition coefficient (Wildman–Crippen LogP) is 4.48. The zero-order chi connectivity index (χ0) is 22.0. The van der Waals surface area contributed by atoms with Crippen LogP contribution in [-0.4, -0.2) is 19.9 Å². The molecule has 3 saturated carbocycles. The van der Waals surface area contributed by atoms with E-state index in [0.29, 0.717) is 18.5 Å². The van der Waals surface area contributed by atoms with Crippen molar-refractivity contribution < 1.29 is 26.4 Å². The minimum Gasteiger partial charge on any atom is -0.306 e. The van der Waals surface area contributed by atoms with Gasteiger partial charge in [-0.15, -0.1) is 0 Å². The molecular weight excluding hydrogens is 429 g/mol. The van der Waals surface area contributed by atoms with E-state index in [1.165, 1.54) is 12.1 Å². The molecule has 0 saturated heterocycles. The zero-order valence-electron chi connectivity index (χ0n) is 16.6. The summed E-state index contributed by atoms with van der Waals surface area (Å²) in [5, 5.41) is 0. The third-order valence-electron chi connectivity index (χ3n) is 6.57. The quantitative estimate of drug-likeness (QED) is 0.731. The lowest BCUT2D eigenvalue weighted by atomic mass is 9.48. The first kappa shape index (κ1) is 20.4. The Morgan fingerprint density at radius 1 is 1.03 bits per heavy atom. The molecule has 5 nitrogen and oxygen atoms in total. The molecule has 1 heterocycles. The van der Waals surface area contributed by atoms with Gasteiger partial charge in [0.1, 0.15) is 0 Å². The molecule has 2 aromatic carbocycles. The molecule has 1 aliphatic heterocycles. The first-order valence-corrected chi connectivity index (χ1v) is 11.8. The van der Waals surface area contributed by atoms with Gasteiger partial charge in [-0.25, -0.2) is 8.42 Å². The Morgan fingerprint density at radius 3 is 2.29 bits per heavy atom. The van der Waals surface area contributed by atoms with Crippen LogP contribution in [0.3, 0.4) is 0 Å². The van der Waals surface area contributed by atoms with Crippen molar-refractivity contribution in [3.63, 3.8) is 0 Å². The fraction of sp³-hybridized carbons (Fsp3) is 0.409. The monoisotopic (exact) mass is 450 g/mol. The molecule has 0 spiro atoms. The molecule has 1 amide bonds. The molecular formula is C22H21F3N2O3S. The second-order valence-corrected chi connectivity index (χ2v) is 10.6. The highest BCUT2D eigenvalue weighted by Crippen LogP contribution is 2.62. The van der Waals surface area contributed by atoms with E-state index in [0.717, 1.165) is 48.6 Å². The van der Waals surface area contributed by atoms with Crippen LogP contribution in [0.2, 0.25) is 0 Å². The Bertz CT molecular complexity index is 1140. The van der Waals surface area contributed by atoms with E-state index in [2.05, 4.69) is 4.72 Å². The normalized spacial score (nSPS) is 24.8. The van der Waals surface area contributed by atoms with Crippen LogP contribution in [0, 0.1) is 5.92 Å². The number of hydrogen-bond donors (Lipinski definition) is 1. The van der Waals surface area contributed by atoms with E-state index < -0.39 is 27.5 Å². The van der Waals surface area contributed by atoms with Crippen molar-refractivity contribution in [2.45, 2.75) is 49.6 Å². The molecule has 0 atom stereocenters. The molecule has 4 aliphatic rings. The summed E-state index contributed by atoms with van der Waals surface area (Å²) in [6, 6.07) is 9.28. The van der Waals surface area contributed by atoms with Gasteiger partial charge < -0.3 is 4.90 Å². The molecule has 164 valence electrons. The van der Waals surface area contributed by atoms with Gasteiger partial charge in [-0.3, -0.25) is 9.52 Å². The van der Waals surface area contributed by atoms with Crippen molar-refractivity contribution in [1.82, 2.24) is 0 Å². The summed E-state index contributed by atoms with van der Waals surface area (Å²) in [6.07, 6.45) is -0.383. The fourth-order valence-electron chi connectivity index (χ4n) is 5.01. The highest BCUT2D eigenvalue weighted by molar-refractivity contribution is 7.91. The minimum absolute atomic E-state index is 0.0412. The molecule has 9 heteroatoms. The largest absolute Gasteiger partial charge is 0.416 e. The van der Waals surface area contributed by atoms with E-state index >= 15 is 0 Å². The Kier molecular flexibility index (Phi) is 4.41. The molecule has 0 unspecified atom stereocenters. The lowest BCUT2D eigenvalue weighted by Gasteiger charge is -2.66. The van der Waals surface area contributed by atoms with Crippen molar-refractivity contribution in [2.75, 3.05) is 9.62 Å². The maximum absolute atomic E-state index is 12.7. The average Bonchev–Trinajstić information content (AvgIpc) is 2.60. The van der Waals surface area contributed by atoms with E-state index in [9.17, 15) is 26.4 Å². The number of nitrogens with zero attached hydrogens (tertiary/aromatic N) is 1. The van der Waals surface area contributed by atoms with Crippen molar-refractivity contribution in [1.29, 1.82) is 0 Å². The second kappa shape index (κ2) is 6.72. The van der Waals surface area contributed by atoms with E-state index in [-0.39, 0.29) is 17.0 Å². The van der Waals surface area contributed by atoms with Gasteiger partial charge in [0.2, 0.25) is 15.9 Å². The lowest BCUT2D eigenvalue weighted by molar-refractivity contribution is -0.137. The summed E-state index contributed by atoms with van der Waals surface area (Å²) in [5.74, 6) is 0.424. The van der Waals surface area contributed by atoms with Crippen LogP contribution in [0.5, 0.6) is 0 Å². The summed E-state index contributed by atoms with van der Waals surface area (Å²) in [7, 11) is -3.81. The summed E-state index contributed by atoms with van der Waals surface area (Å²) in [4.78, 5) is 14.5. The number of rotatable bonds is 5. The topological polar surface area (TPSA) is 66.5 Å². The van der Waals surface area contributed by atoms with Crippen LogP contribution >= 0.6 is 0 Å². The molecule has 31 heavy (non-hydrogen) atoms. The number of halogens is 3. The molecule has 2 bridgehead atoms. The Hall–Kier alpha value is -2.55. The molecule has 0 radical (unpaired) electrons. The van der Waals surface area contributed by atoms with Crippen LogP contribution in [0.25, 0.3) is 0 Å². The zero-order valence-corrected chi connectivity index (χ0v) is 17.4. The summed E-state index contributed by atoms with van der Waals surface area (Å²) in [6.45, 7) is 0. The van der Waals surface area contributed by atoms with Gasteiger partial charge in [-0.2, -0.15) is 13.2 Å². The fourth-order valence-corrected chi connectivity index (χ4v) is 6.20. The number of anilines is 2. The third-order valence-corrected chi connectivity index (χ3v) is 7.83. The Labute approximate surface area is 178 Å². The highest BCUT2D eigenvalue weighted by atomic mass is 32.2. The molecule has 1 N–H and O–H groups in total. The van der Waals surface area contributed by atoms with Gasteiger partial charge >= 0.3 is 6.18 Å². The number of aryl methyl sites for hydroxylation is 1. The predicted molar refractivity (Wildman–Crippen MR) is 110 cm³/mol. The number of carbonyl (C=O) groups excluding carboxylic acids is 1. The Morgan fingerprint density at radius 2 is 1.71 bits per heavy atom. The molecule has 0 aromatic heterocycles. The second-order valence-electron chi connectivity index (χ2n) is 8.83.